The Morgan fingerprint density at radius 3 is 0.932 bits per heavy atom. The van der Waals surface area contributed by atoms with Gasteiger partial charge in [-0.1, -0.05) is 154 Å². The summed E-state index contributed by atoms with van der Waals surface area (Å²) in [5, 5.41) is 18.4. The largest absolute Gasteiger partial charge is 0.481 e. The van der Waals surface area contributed by atoms with Crippen molar-refractivity contribution < 1.29 is 34.0 Å². The molecule has 348 valence electrons. The summed E-state index contributed by atoms with van der Waals surface area (Å²) in [6, 6.07) is 0. The molecule has 0 spiro atoms. The third-order valence-electron chi connectivity index (χ3n) is 11.1. The monoisotopic (exact) mass is 837 g/mol. The first-order valence-electron chi connectivity index (χ1n) is 24.9. The number of hydrogen-bond donors (Lipinski definition) is 2. The normalized spacial score (nSPS) is 12.0. The van der Waals surface area contributed by atoms with Crippen LogP contribution in [0.4, 0.5) is 0 Å². The Kier molecular flexibility index (Phi) is 47.4. The minimum absolute atomic E-state index is 0.157. The van der Waals surface area contributed by atoms with E-state index >= 15 is 0 Å². The number of ether oxygens (including phenoxy) is 3. The molecule has 0 bridgehead atoms. The first kappa shape index (κ1) is 57.2. The van der Waals surface area contributed by atoms with Crippen molar-refractivity contribution in [1.29, 1.82) is 0 Å². The van der Waals surface area contributed by atoms with E-state index in [9.17, 15) is 19.8 Å². The molecular weight excluding hydrogens is 741 g/mol. The molecule has 9 nitrogen and oxygen atoms in total. The minimum atomic E-state index is -0.755. The Bertz CT molecular complexity index is 859. The van der Waals surface area contributed by atoms with Crippen molar-refractivity contribution in [2.24, 2.45) is 0 Å². The molecule has 59 heavy (non-hydrogen) atoms. The molecule has 0 heterocycles. The van der Waals surface area contributed by atoms with Crippen molar-refractivity contribution in [3.05, 3.63) is 24.3 Å². The lowest BCUT2D eigenvalue weighted by molar-refractivity contribution is -0.138. The molecule has 0 unspecified atom stereocenters. The predicted octanol–water partition coefficient (Wildman–Crippen LogP) is 12.7. The van der Waals surface area contributed by atoms with Gasteiger partial charge in [0.05, 0.1) is 52.5 Å². The molecule has 0 aliphatic rings. The number of hydrogen-bond acceptors (Lipinski definition) is 7. The average molecular weight is 837 g/mol. The van der Waals surface area contributed by atoms with Crippen LogP contribution >= 0.6 is 0 Å². The van der Waals surface area contributed by atoms with Gasteiger partial charge in [0.1, 0.15) is 0 Å². The van der Waals surface area contributed by atoms with E-state index in [2.05, 4.69) is 48.0 Å². The van der Waals surface area contributed by atoms with Crippen molar-refractivity contribution in [3.8, 4) is 0 Å². The number of carboxylic acid groups (broad SMARTS) is 2. The third kappa shape index (κ3) is 48.8. The predicted molar refractivity (Wildman–Crippen MR) is 249 cm³/mol. The van der Waals surface area contributed by atoms with Crippen LogP contribution in [0.5, 0.6) is 0 Å². The first-order valence-corrected chi connectivity index (χ1v) is 24.9. The summed E-state index contributed by atoms with van der Waals surface area (Å²) < 4.78 is 17.3. The topological polar surface area (TPSA) is 109 Å². The van der Waals surface area contributed by atoms with Crippen LogP contribution in [0.15, 0.2) is 24.3 Å². The molecule has 0 radical (unpaired) electrons. The highest BCUT2D eigenvalue weighted by Crippen LogP contribution is 2.12. The molecule has 0 atom stereocenters. The maximum Gasteiger partial charge on any atom is 0.304 e. The van der Waals surface area contributed by atoms with Gasteiger partial charge in [0, 0.05) is 26.2 Å². The van der Waals surface area contributed by atoms with E-state index in [0.717, 1.165) is 39.0 Å². The van der Waals surface area contributed by atoms with E-state index in [1.54, 1.807) is 0 Å². The average Bonchev–Trinajstić information content (AvgIpc) is 3.22. The summed E-state index contributed by atoms with van der Waals surface area (Å²) in [5.41, 5.74) is 0. The van der Waals surface area contributed by atoms with Gasteiger partial charge >= 0.3 is 11.9 Å². The Hall–Kier alpha value is -1.78. The molecular formula is C50H96N2O7. The molecule has 2 N–H and O–H groups in total. The van der Waals surface area contributed by atoms with Crippen LogP contribution in [0, 0.1) is 0 Å². The maximum atomic E-state index is 11.2. The van der Waals surface area contributed by atoms with Gasteiger partial charge in [-0.05, 0) is 77.3 Å². The third-order valence-corrected chi connectivity index (χ3v) is 11.1. The quantitative estimate of drug-likeness (QED) is 0.0457. The van der Waals surface area contributed by atoms with Crippen molar-refractivity contribution in [1.82, 2.24) is 9.80 Å². The lowest BCUT2D eigenvalue weighted by Gasteiger charge is -2.21. The molecule has 0 aliphatic heterocycles. The van der Waals surface area contributed by atoms with Crippen LogP contribution in [0.1, 0.15) is 206 Å². The Morgan fingerprint density at radius 2 is 0.627 bits per heavy atom. The number of carbonyl (C=O) groups is 2. The summed E-state index contributed by atoms with van der Waals surface area (Å²) in [5.74, 6) is -1.51. The Morgan fingerprint density at radius 1 is 0.356 bits per heavy atom. The van der Waals surface area contributed by atoms with Crippen LogP contribution in [0.2, 0.25) is 0 Å². The van der Waals surface area contributed by atoms with E-state index in [1.165, 1.54) is 167 Å². The van der Waals surface area contributed by atoms with Crippen LogP contribution in [-0.4, -0.2) is 111 Å². The highest BCUT2D eigenvalue weighted by atomic mass is 16.5. The van der Waals surface area contributed by atoms with Crippen LogP contribution in [-0.2, 0) is 23.8 Å². The van der Waals surface area contributed by atoms with Crippen molar-refractivity contribution in [2.45, 2.75) is 206 Å². The van der Waals surface area contributed by atoms with E-state index < -0.39 is 11.9 Å². The van der Waals surface area contributed by atoms with Crippen molar-refractivity contribution >= 4 is 11.9 Å². The number of nitrogens with zero attached hydrogens (tertiary/aromatic N) is 2. The van der Waals surface area contributed by atoms with E-state index in [0.29, 0.717) is 52.7 Å². The highest BCUT2D eigenvalue weighted by Gasteiger charge is 2.09. The molecule has 0 aliphatic carbocycles. The van der Waals surface area contributed by atoms with Gasteiger partial charge in [-0.25, -0.2) is 0 Å². The second-order valence-electron chi connectivity index (χ2n) is 16.7. The molecule has 9 heteroatoms. The lowest BCUT2D eigenvalue weighted by Crippen LogP contribution is -2.31. The first-order chi connectivity index (χ1) is 29.0. The van der Waals surface area contributed by atoms with Crippen molar-refractivity contribution in [3.63, 3.8) is 0 Å². The standard InChI is InChI=1S/C50H96N2O7/c1-3-5-7-9-11-13-15-17-19-21-23-25-27-29-31-33-37-51(39-35-49(53)54)41-43-57-45-47-59-48-46-58-44-42-52(40-36-50(55)56)38-34-32-30-28-26-24-22-20-18-16-14-12-10-8-6-4-2/h17-20H,3-16,21-48H2,1-2H3,(H,53,54)(H,55,56). The smallest absolute Gasteiger partial charge is 0.304 e. The molecule has 0 aromatic carbocycles. The molecule has 0 amide bonds. The number of carboxylic acids is 2. The van der Waals surface area contributed by atoms with E-state index in [1.807, 2.05) is 0 Å². The molecule has 0 rings (SSSR count). The van der Waals surface area contributed by atoms with E-state index in [4.69, 9.17) is 14.2 Å². The minimum Gasteiger partial charge on any atom is -0.481 e. The number of unbranched alkanes of at least 4 members (excludes halogenated alkanes) is 24. The molecule has 0 saturated carbocycles. The highest BCUT2D eigenvalue weighted by molar-refractivity contribution is 5.67. The van der Waals surface area contributed by atoms with Gasteiger partial charge in [-0.3, -0.25) is 9.59 Å². The fourth-order valence-electron chi connectivity index (χ4n) is 7.27. The molecule has 0 saturated heterocycles. The zero-order valence-corrected chi connectivity index (χ0v) is 38.8. The summed E-state index contributed by atoms with van der Waals surface area (Å²) in [6.45, 7) is 12.1. The Labute approximate surface area is 364 Å². The Balaban J connectivity index is 3.86. The second kappa shape index (κ2) is 48.9. The fraction of sp³-hybridized carbons (Fsp3) is 0.880. The maximum absolute atomic E-state index is 11.2. The van der Waals surface area contributed by atoms with E-state index in [-0.39, 0.29) is 12.8 Å². The van der Waals surface area contributed by atoms with Crippen LogP contribution in [0.3, 0.4) is 0 Å². The summed E-state index contributed by atoms with van der Waals surface area (Å²) in [7, 11) is 0. The number of aliphatic carboxylic acids is 2. The lowest BCUT2D eigenvalue weighted by atomic mass is 10.1. The fourth-order valence-corrected chi connectivity index (χ4v) is 7.27. The van der Waals surface area contributed by atoms with Gasteiger partial charge in [0.15, 0.2) is 0 Å². The second-order valence-corrected chi connectivity index (χ2v) is 16.7. The summed E-state index contributed by atoms with van der Waals surface area (Å²) in [6.07, 6.45) is 45.8. The van der Waals surface area contributed by atoms with Gasteiger partial charge in [-0.2, -0.15) is 0 Å². The summed E-state index contributed by atoms with van der Waals surface area (Å²) >= 11 is 0. The van der Waals surface area contributed by atoms with Gasteiger partial charge in [-0.15, -0.1) is 0 Å². The molecule has 0 aromatic rings. The van der Waals surface area contributed by atoms with Crippen molar-refractivity contribution in [2.75, 3.05) is 78.9 Å². The van der Waals surface area contributed by atoms with Crippen LogP contribution in [0.25, 0.3) is 0 Å². The number of allylic oxidation sites excluding steroid dienone is 4. The van der Waals surface area contributed by atoms with Gasteiger partial charge in [0.25, 0.3) is 0 Å². The number of rotatable bonds is 50. The summed E-state index contributed by atoms with van der Waals surface area (Å²) in [4.78, 5) is 26.8. The van der Waals surface area contributed by atoms with Gasteiger partial charge < -0.3 is 34.2 Å². The van der Waals surface area contributed by atoms with Crippen LogP contribution < -0.4 is 0 Å². The molecule has 0 fully saturated rings. The molecule has 0 aromatic heterocycles. The zero-order chi connectivity index (χ0) is 43.0. The van der Waals surface area contributed by atoms with Gasteiger partial charge in [0.2, 0.25) is 0 Å². The SMILES string of the molecule is CCCCCCCCC=CCCCCCCCCN(CCOCCOCCOCCN(CCCCCCCCC=CCCCCCCCC)CCC(=O)O)CCC(=O)O. The zero-order valence-electron chi connectivity index (χ0n) is 38.8.